The van der Waals surface area contributed by atoms with Crippen molar-refractivity contribution < 1.29 is 0 Å². The molecule has 1 saturated carbocycles. The van der Waals surface area contributed by atoms with Crippen LogP contribution >= 0.6 is 17.8 Å². The lowest BCUT2D eigenvalue weighted by atomic mass is 9.62. The van der Waals surface area contributed by atoms with Gasteiger partial charge in [-0.2, -0.15) is 0 Å². The summed E-state index contributed by atoms with van der Waals surface area (Å²) >= 11 is 0. The summed E-state index contributed by atoms with van der Waals surface area (Å²) in [5.74, 6) is 1.93. The van der Waals surface area contributed by atoms with Gasteiger partial charge in [-0.25, -0.2) is 0 Å². The van der Waals surface area contributed by atoms with E-state index in [2.05, 4.69) is 30.0 Å². The second-order valence-corrected chi connectivity index (χ2v) is 8.50. The minimum atomic E-state index is 0.602. The predicted octanol–water partition coefficient (Wildman–Crippen LogP) is 3.32. The lowest BCUT2D eigenvalue weighted by molar-refractivity contribution is 0.0677. The lowest BCUT2D eigenvalue weighted by Crippen LogP contribution is -2.51. The van der Waals surface area contributed by atoms with Crippen molar-refractivity contribution in [3.63, 3.8) is 0 Å². The van der Waals surface area contributed by atoms with Gasteiger partial charge < -0.3 is 0 Å². The molecule has 2 saturated heterocycles. The van der Waals surface area contributed by atoms with E-state index in [9.17, 15) is 0 Å². The first-order chi connectivity index (χ1) is 5.47. The molecule has 2 unspecified atom stereocenters. The molecular weight excluding hydrogens is 182 g/mol. The second-order valence-electron chi connectivity index (χ2n) is 5.20. The largest absolute Gasteiger partial charge is 0.126 e. The molecule has 2 heterocycles. The summed E-state index contributed by atoms with van der Waals surface area (Å²) in [6.07, 6.45) is 4.44. The van der Waals surface area contributed by atoms with Crippen molar-refractivity contribution in [3.8, 4) is 0 Å². The molecule has 1 aliphatic carbocycles. The Balaban J connectivity index is 2.32. The van der Waals surface area contributed by atoms with Crippen LogP contribution in [0.25, 0.3) is 0 Å². The summed E-state index contributed by atoms with van der Waals surface area (Å²) in [5, 5.41) is 0. The van der Waals surface area contributed by atoms with Crippen LogP contribution in [0.2, 0.25) is 0 Å². The minimum Gasteiger partial charge on any atom is -0.126 e. The first-order valence-electron chi connectivity index (χ1n) is 5.01. The summed E-state index contributed by atoms with van der Waals surface area (Å²) in [4.78, 5) is 0.623. The van der Waals surface area contributed by atoms with Gasteiger partial charge >= 0.3 is 0 Å². The van der Waals surface area contributed by atoms with Gasteiger partial charge in [0.1, 0.15) is 0 Å². The fourth-order valence-corrected chi connectivity index (χ4v) is 6.24. The average Bonchev–Trinajstić information content (AvgIpc) is 2.01. The zero-order chi connectivity index (χ0) is 8.98. The van der Waals surface area contributed by atoms with E-state index in [0.717, 1.165) is 11.8 Å². The molecule has 0 aromatic rings. The third kappa shape index (κ3) is 1.11. The highest BCUT2D eigenvalue weighted by Crippen LogP contribution is 2.66. The van der Waals surface area contributed by atoms with Crippen LogP contribution in [0.4, 0.5) is 0 Å². The third-order valence-electron chi connectivity index (χ3n) is 4.52. The maximum Gasteiger partial charge on any atom is 0.00521 e. The standard InChI is InChI=1S/C10H20P2/c1-7-9(2,3)8-4-5-10(7,11)12-6-8/h7-8,12H,4-6,11H2,1-3H3/t7-,8-,10-/m1/s1. The molecule has 70 valence electrons. The molecule has 2 bridgehead atoms. The third-order valence-corrected chi connectivity index (χ3v) is 7.96. The zero-order valence-corrected chi connectivity index (χ0v) is 10.5. The number of hydrogen-bond donors (Lipinski definition) is 0. The van der Waals surface area contributed by atoms with Crippen LogP contribution in [0.3, 0.4) is 0 Å². The van der Waals surface area contributed by atoms with E-state index in [4.69, 9.17) is 0 Å². The van der Waals surface area contributed by atoms with Gasteiger partial charge in [-0.15, -0.1) is 17.8 Å². The first-order valence-corrected chi connectivity index (χ1v) is 6.79. The highest BCUT2D eigenvalue weighted by Gasteiger charge is 2.52. The van der Waals surface area contributed by atoms with Crippen molar-refractivity contribution in [2.75, 3.05) is 6.16 Å². The summed E-state index contributed by atoms with van der Waals surface area (Å²) in [6.45, 7) is 7.42. The van der Waals surface area contributed by atoms with Crippen LogP contribution in [0, 0.1) is 17.3 Å². The quantitative estimate of drug-likeness (QED) is 0.528. The van der Waals surface area contributed by atoms with Gasteiger partial charge in [0.25, 0.3) is 0 Å². The van der Waals surface area contributed by atoms with Gasteiger partial charge in [0, 0.05) is 4.90 Å². The zero-order valence-electron chi connectivity index (χ0n) is 8.35. The van der Waals surface area contributed by atoms with Crippen LogP contribution in [-0.2, 0) is 0 Å². The average molecular weight is 202 g/mol. The molecule has 3 aliphatic rings. The van der Waals surface area contributed by atoms with Gasteiger partial charge in [-0.3, -0.25) is 0 Å². The molecule has 3 rings (SSSR count). The van der Waals surface area contributed by atoms with E-state index in [1.54, 1.807) is 0 Å². The van der Waals surface area contributed by atoms with Crippen LogP contribution < -0.4 is 0 Å². The topological polar surface area (TPSA) is 0 Å². The molecule has 0 aromatic heterocycles. The normalized spacial score (nSPS) is 53.0. The molecule has 5 atom stereocenters. The summed E-state index contributed by atoms with van der Waals surface area (Å²) < 4.78 is 0. The van der Waals surface area contributed by atoms with E-state index in [0.29, 0.717) is 10.3 Å². The van der Waals surface area contributed by atoms with Crippen LogP contribution in [0.1, 0.15) is 33.6 Å². The Kier molecular flexibility index (Phi) is 2.10. The molecule has 12 heavy (non-hydrogen) atoms. The van der Waals surface area contributed by atoms with Crippen molar-refractivity contribution in [2.24, 2.45) is 17.3 Å². The second kappa shape index (κ2) is 2.68. The van der Waals surface area contributed by atoms with Gasteiger partial charge in [0.05, 0.1) is 0 Å². The maximum atomic E-state index is 3.17. The maximum absolute atomic E-state index is 3.17. The van der Waals surface area contributed by atoms with Crippen LogP contribution in [-0.4, -0.2) is 11.1 Å². The SMILES string of the molecule is C[C@@H]1C(C)(C)[C@@H]2CC[C@@]1(P)PC2. The van der Waals surface area contributed by atoms with E-state index in [1.165, 1.54) is 27.6 Å². The van der Waals surface area contributed by atoms with E-state index < -0.39 is 0 Å². The summed E-state index contributed by atoms with van der Waals surface area (Å²) in [7, 11) is 4.38. The Labute approximate surface area is 80.3 Å². The van der Waals surface area contributed by atoms with Crippen molar-refractivity contribution in [3.05, 3.63) is 0 Å². The van der Waals surface area contributed by atoms with Crippen molar-refractivity contribution in [1.29, 1.82) is 0 Å². The van der Waals surface area contributed by atoms with Crippen molar-refractivity contribution >= 4 is 17.8 Å². The molecular formula is C10H20P2. The Hall–Kier alpha value is 0.860. The van der Waals surface area contributed by atoms with Crippen LogP contribution in [0.5, 0.6) is 0 Å². The molecule has 2 aliphatic heterocycles. The molecule has 2 heteroatoms. The Morgan fingerprint density at radius 3 is 2.42 bits per heavy atom. The fourth-order valence-electron chi connectivity index (χ4n) is 2.94. The minimum absolute atomic E-state index is 0.602. The van der Waals surface area contributed by atoms with Gasteiger partial charge in [-0.1, -0.05) is 20.8 Å². The summed E-state index contributed by atoms with van der Waals surface area (Å²) in [5.41, 5.74) is 0.602. The smallest absolute Gasteiger partial charge is 0.00521 e. The molecule has 0 amide bonds. The Morgan fingerprint density at radius 1 is 1.42 bits per heavy atom. The van der Waals surface area contributed by atoms with Crippen molar-refractivity contribution in [2.45, 2.75) is 38.5 Å². The molecule has 0 spiro atoms. The number of hydrogen-bond acceptors (Lipinski definition) is 0. The number of fused-ring (bicyclic) bond motifs is 3. The summed E-state index contributed by atoms with van der Waals surface area (Å²) in [6, 6.07) is 0. The van der Waals surface area contributed by atoms with E-state index in [1.807, 2.05) is 0 Å². The van der Waals surface area contributed by atoms with Crippen LogP contribution in [0.15, 0.2) is 0 Å². The molecule has 0 radical (unpaired) electrons. The Morgan fingerprint density at radius 2 is 2.08 bits per heavy atom. The van der Waals surface area contributed by atoms with Crippen molar-refractivity contribution in [1.82, 2.24) is 0 Å². The molecule has 0 aromatic carbocycles. The van der Waals surface area contributed by atoms with E-state index >= 15 is 0 Å². The first kappa shape index (κ1) is 9.42. The monoisotopic (exact) mass is 202 g/mol. The highest BCUT2D eigenvalue weighted by atomic mass is 31.1. The lowest BCUT2D eigenvalue weighted by Gasteiger charge is -2.58. The molecule has 0 nitrogen and oxygen atoms in total. The highest BCUT2D eigenvalue weighted by molar-refractivity contribution is 7.52. The fraction of sp³-hybridized carbons (Fsp3) is 1.00. The van der Waals surface area contributed by atoms with Gasteiger partial charge in [0.15, 0.2) is 0 Å². The van der Waals surface area contributed by atoms with Gasteiger partial charge in [0.2, 0.25) is 0 Å². The predicted molar refractivity (Wildman–Crippen MR) is 61.3 cm³/mol. The molecule has 0 N–H and O–H groups in total. The number of rotatable bonds is 0. The Bertz CT molecular complexity index is 185. The molecule has 3 fully saturated rings. The van der Waals surface area contributed by atoms with Gasteiger partial charge in [-0.05, 0) is 36.3 Å². The van der Waals surface area contributed by atoms with E-state index in [-0.39, 0.29) is 0 Å².